The first kappa shape index (κ1) is 22.7. The van der Waals surface area contributed by atoms with Crippen LogP contribution in [0.25, 0.3) is 0 Å². The number of benzene rings is 1. The number of ketones is 1. The number of allylic oxidation sites excluding steroid dienone is 3. The smallest absolute Gasteiger partial charge is 0.161 e. The van der Waals surface area contributed by atoms with Gasteiger partial charge in [0, 0.05) is 28.3 Å². The van der Waals surface area contributed by atoms with E-state index in [1.54, 1.807) is 23.1 Å². The molecule has 1 atom stereocenters. The molecule has 2 aliphatic rings. The third-order valence-electron chi connectivity index (χ3n) is 6.23. The fourth-order valence-corrected chi connectivity index (χ4v) is 7.01. The fourth-order valence-electron chi connectivity index (χ4n) is 4.63. The van der Waals surface area contributed by atoms with Gasteiger partial charge in [-0.1, -0.05) is 32.9 Å². The van der Waals surface area contributed by atoms with Crippen LogP contribution in [0.3, 0.4) is 0 Å². The van der Waals surface area contributed by atoms with Crippen LogP contribution in [0.1, 0.15) is 62.0 Å². The van der Waals surface area contributed by atoms with Gasteiger partial charge in [-0.3, -0.25) is 9.69 Å². The highest BCUT2D eigenvalue weighted by molar-refractivity contribution is 8.01. The number of Topliss-reactive ketones (excluding diaryl/α,β-unsaturated/α-hetero) is 1. The minimum Gasteiger partial charge on any atom is -0.384 e. The van der Waals surface area contributed by atoms with E-state index in [1.165, 1.54) is 14.6 Å². The Morgan fingerprint density at radius 3 is 2.56 bits per heavy atom. The number of nitrogens with two attached hydrogens (primary N) is 1. The summed E-state index contributed by atoms with van der Waals surface area (Å²) in [6.45, 7) is 6.40. The highest BCUT2D eigenvalue weighted by Crippen LogP contribution is 2.50. The van der Waals surface area contributed by atoms with Crippen LogP contribution in [0.4, 0.5) is 5.69 Å². The zero-order valence-electron chi connectivity index (χ0n) is 18.9. The van der Waals surface area contributed by atoms with Gasteiger partial charge in [-0.05, 0) is 60.8 Å². The van der Waals surface area contributed by atoms with Crippen LogP contribution in [0.5, 0.6) is 0 Å². The third kappa shape index (κ3) is 3.89. The van der Waals surface area contributed by atoms with Gasteiger partial charge in [-0.25, -0.2) is 0 Å². The van der Waals surface area contributed by atoms with Crippen molar-refractivity contribution < 1.29 is 4.79 Å². The molecule has 1 aromatic heterocycles. The normalized spacial score (nSPS) is 18.8. The van der Waals surface area contributed by atoms with E-state index in [0.717, 1.165) is 54.0 Å². The predicted molar refractivity (Wildman–Crippen MR) is 134 cm³/mol. The SMILES string of the molecule is CCSc1sc(CC)cc1C1C(C#N)=C(N)N(c2ccc(CC)cc2)C2=C1C(=O)CCC2. The number of rotatable bonds is 6. The molecule has 0 bridgehead atoms. The van der Waals surface area contributed by atoms with E-state index in [2.05, 4.69) is 45.0 Å². The van der Waals surface area contributed by atoms with Crippen LogP contribution >= 0.6 is 23.1 Å². The molecule has 6 heteroatoms. The van der Waals surface area contributed by atoms with Gasteiger partial charge in [0.1, 0.15) is 5.82 Å². The van der Waals surface area contributed by atoms with Crippen molar-refractivity contribution in [2.45, 2.75) is 63.0 Å². The summed E-state index contributed by atoms with van der Waals surface area (Å²) in [6.07, 6.45) is 4.01. The number of thioether (sulfide) groups is 1. The van der Waals surface area contributed by atoms with E-state index in [4.69, 9.17) is 5.73 Å². The molecule has 1 aliphatic heterocycles. The van der Waals surface area contributed by atoms with Crippen molar-refractivity contribution in [3.8, 4) is 6.07 Å². The maximum atomic E-state index is 13.3. The monoisotopic (exact) mass is 463 g/mol. The highest BCUT2D eigenvalue weighted by atomic mass is 32.2. The van der Waals surface area contributed by atoms with Crippen LogP contribution in [-0.2, 0) is 17.6 Å². The highest BCUT2D eigenvalue weighted by Gasteiger charge is 2.41. The summed E-state index contributed by atoms with van der Waals surface area (Å²) in [4.78, 5) is 16.6. The standard InChI is InChI=1S/C26H29N3OS2/c1-4-16-10-12-17(13-11-16)29-21-8-7-9-22(30)24(21)23(20(15-27)25(29)28)19-14-18(5-2)32-26(19)31-6-3/h10-14,23H,4-9,28H2,1-3H3. The van der Waals surface area contributed by atoms with Gasteiger partial charge in [0.2, 0.25) is 0 Å². The van der Waals surface area contributed by atoms with Crippen molar-refractivity contribution >= 4 is 34.6 Å². The summed E-state index contributed by atoms with van der Waals surface area (Å²) in [5.41, 5.74) is 12.1. The quantitative estimate of drug-likeness (QED) is 0.510. The molecule has 4 nitrogen and oxygen atoms in total. The topological polar surface area (TPSA) is 70.1 Å². The number of carbonyl (C=O) groups is 1. The second-order valence-corrected chi connectivity index (χ2v) is 10.7. The number of aryl methyl sites for hydroxylation is 2. The number of hydrogen-bond acceptors (Lipinski definition) is 6. The lowest BCUT2D eigenvalue weighted by molar-refractivity contribution is -0.116. The minimum absolute atomic E-state index is 0.142. The largest absolute Gasteiger partial charge is 0.384 e. The number of thiophene rings is 1. The Kier molecular flexibility index (Phi) is 6.78. The molecule has 2 N–H and O–H groups in total. The molecule has 0 saturated heterocycles. The van der Waals surface area contributed by atoms with Gasteiger partial charge in [0.05, 0.1) is 21.8 Å². The van der Waals surface area contributed by atoms with Crippen molar-refractivity contribution in [1.29, 1.82) is 5.26 Å². The first-order valence-corrected chi connectivity index (χ1v) is 13.1. The zero-order chi connectivity index (χ0) is 22.8. The number of nitrogens with zero attached hydrogens (tertiary/aromatic N) is 2. The molecule has 1 aliphatic carbocycles. The average Bonchev–Trinajstić information content (AvgIpc) is 3.21. The van der Waals surface area contributed by atoms with E-state index < -0.39 is 0 Å². The number of hydrogen-bond donors (Lipinski definition) is 1. The molecule has 1 aromatic carbocycles. The zero-order valence-corrected chi connectivity index (χ0v) is 20.5. The summed E-state index contributed by atoms with van der Waals surface area (Å²) in [5.74, 6) is 1.16. The molecule has 0 fully saturated rings. The molecule has 2 heterocycles. The van der Waals surface area contributed by atoms with E-state index in [9.17, 15) is 10.1 Å². The lowest BCUT2D eigenvalue weighted by Gasteiger charge is -2.39. The summed E-state index contributed by atoms with van der Waals surface area (Å²) in [6, 6.07) is 12.9. The summed E-state index contributed by atoms with van der Waals surface area (Å²) in [5, 5.41) is 10.2. The first-order chi connectivity index (χ1) is 15.5. The molecule has 0 radical (unpaired) electrons. The van der Waals surface area contributed by atoms with Crippen molar-refractivity contribution in [3.05, 3.63) is 69.0 Å². The lowest BCUT2D eigenvalue weighted by Crippen LogP contribution is -2.38. The molecule has 32 heavy (non-hydrogen) atoms. The first-order valence-electron chi connectivity index (χ1n) is 11.3. The molecule has 2 aromatic rings. The Hall–Kier alpha value is -2.49. The van der Waals surface area contributed by atoms with E-state index in [-0.39, 0.29) is 11.7 Å². The number of carbonyl (C=O) groups excluding carboxylic acids is 1. The summed E-state index contributed by atoms with van der Waals surface area (Å²) in [7, 11) is 0. The van der Waals surface area contributed by atoms with Crippen molar-refractivity contribution in [2.24, 2.45) is 5.73 Å². The molecule has 166 valence electrons. The lowest BCUT2D eigenvalue weighted by atomic mass is 9.76. The van der Waals surface area contributed by atoms with Crippen LogP contribution in [0.15, 0.2) is 57.2 Å². The van der Waals surface area contributed by atoms with Crippen LogP contribution < -0.4 is 10.6 Å². The Morgan fingerprint density at radius 2 is 1.94 bits per heavy atom. The van der Waals surface area contributed by atoms with Gasteiger partial charge in [0.15, 0.2) is 5.78 Å². The predicted octanol–water partition coefficient (Wildman–Crippen LogP) is 6.29. The second-order valence-electron chi connectivity index (χ2n) is 8.08. The Morgan fingerprint density at radius 1 is 1.19 bits per heavy atom. The molecule has 0 amide bonds. The fraction of sp³-hybridized carbons (Fsp3) is 0.385. The molecular formula is C26H29N3OS2. The molecule has 0 saturated carbocycles. The van der Waals surface area contributed by atoms with Gasteiger partial charge in [-0.2, -0.15) is 5.26 Å². The molecular weight excluding hydrogens is 434 g/mol. The van der Waals surface area contributed by atoms with Gasteiger partial charge < -0.3 is 5.73 Å². The van der Waals surface area contributed by atoms with E-state index in [0.29, 0.717) is 17.8 Å². The van der Waals surface area contributed by atoms with Crippen LogP contribution in [-0.4, -0.2) is 11.5 Å². The number of nitriles is 1. The molecule has 1 unspecified atom stereocenters. The van der Waals surface area contributed by atoms with Crippen molar-refractivity contribution in [1.82, 2.24) is 0 Å². The minimum atomic E-state index is -0.375. The van der Waals surface area contributed by atoms with E-state index >= 15 is 0 Å². The average molecular weight is 464 g/mol. The van der Waals surface area contributed by atoms with Crippen molar-refractivity contribution in [3.63, 3.8) is 0 Å². The number of anilines is 1. The summed E-state index contributed by atoms with van der Waals surface area (Å²) < 4.78 is 1.20. The molecule has 4 rings (SSSR count). The third-order valence-corrected chi connectivity index (χ3v) is 8.71. The maximum absolute atomic E-state index is 13.3. The van der Waals surface area contributed by atoms with Gasteiger partial charge >= 0.3 is 0 Å². The van der Waals surface area contributed by atoms with Crippen molar-refractivity contribution in [2.75, 3.05) is 10.7 Å². The van der Waals surface area contributed by atoms with Crippen LogP contribution in [0.2, 0.25) is 0 Å². The maximum Gasteiger partial charge on any atom is 0.161 e. The van der Waals surface area contributed by atoms with Gasteiger partial charge in [0.25, 0.3) is 0 Å². The van der Waals surface area contributed by atoms with E-state index in [1.807, 2.05) is 17.0 Å². The Balaban J connectivity index is 1.94. The summed E-state index contributed by atoms with van der Waals surface area (Å²) >= 11 is 3.56. The molecule has 0 spiro atoms. The van der Waals surface area contributed by atoms with Gasteiger partial charge in [-0.15, -0.1) is 23.1 Å². The van der Waals surface area contributed by atoms with Crippen LogP contribution in [0, 0.1) is 11.3 Å². The Labute approximate surface area is 198 Å². The Bertz CT molecular complexity index is 1130. The second kappa shape index (κ2) is 9.56.